The lowest BCUT2D eigenvalue weighted by Crippen LogP contribution is -2.60. The number of rotatable bonds is 12. The van der Waals surface area contributed by atoms with Crippen molar-refractivity contribution >= 4 is 45.2 Å². The molecule has 2 aromatic heterocycles. The predicted molar refractivity (Wildman–Crippen MR) is 179 cm³/mol. The van der Waals surface area contributed by atoms with Crippen LogP contribution in [-0.2, 0) is 29.2 Å². The molecule has 0 bridgehead atoms. The highest BCUT2D eigenvalue weighted by Crippen LogP contribution is 2.45. The molecule has 0 aromatic carbocycles. The molecule has 3 aliphatic carbocycles. The Hall–Kier alpha value is -4.27. The summed E-state index contributed by atoms with van der Waals surface area (Å²) < 4.78 is 29.1. The number of pyridine rings is 1. The van der Waals surface area contributed by atoms with Gasteiger partial charge < -0.3 is 20.9 Å². The quantitative estimate of drug-likeness (QED) is 0.240. The molecule has 1 aliphatic heterocycles. The van der Waals surface area contributed by atoms with E-state index in [9.17, 15) is 32.4 Å². The minimum Gasteiger partial charge on any atom is -0.346 e. The van der Waals surface area contributed by atoms with Gasteiger partial charge in [0.25, 0.3) is 11.8 Å². The molecular weight excluding hydrogens is 650 g/mol. The smallest absolute Gasteiger partial charge is 0.270 e. The van der Waals surface area contributed by atoms with Gasteiger partial charge >= 0.3 is 0 Å². The number of amides is 5. The first kappa shape index (κ1) is 34.6. The van der Waals surface area contributed by atoms with Crippen LogP contribution < -0.4 is 20.7 Å². The van der Waals surface area contributed by atoms with E-state index in [2.05, 4.69) is 32.2 Å². The number of carbonyl (C=O) groups is 5. The van der Waals surface area contributed by atoms with Gasteiger partial charge in [-0.25, -0.2) is 13.4 Å². The molecule has 4 fully saturated rings. The third-order valence-electron chi connectivity index (χ3n) is 9.98. The molecule has 3 heterocycles. The van der Waals surface area contributed by atoms with Gasteiger partial charge in [-0.1, -0.05) is 32.9 Å². The SMILES string of the molecule is C=C[C@H]1C[C@]1(NC(=O)[C@@H]1C[C@@H](NC(=O)c2c(C)nc3ccccn23)CN1C(=O)[C@@H](NC(=O)CC1CC1)C(C)(C)C)C(=O)NS(=O)(=O)C1CC1. The Balaban J connectivity index is 1.26. The molecule has 3 saturated carbocycles. The molecule has 4 aliphatic rings. The Kier molecular flexibility index (Phi) is 8.87. The van der Waals surface area contributed by atoms with Crippen LogP contribution in [0.3, 0.4) is 0 Å². The van der Waals surface area contributed by atoms with Crippen LogP contribution in [0.5, 0.6) is 0 Å². The summed E-state index contributed by atoms with van der Waals surface area (Å²) in [6.45, 7) is 10.9. The van der Waals surface area contributed by atoms with E-state index >= 15 is 0 Å². The molecule has 0 radical (unpaired) electrons. The maximum Gasteiger partial charge on any atom is 0.270 e. The predicted octanol–water partition coefficient (Wildman–Crippen LogP) is 1.34. The molecule has 4 N–H and O–H groups in total. The van der Waals surface area contributed by atoms with Crippen LogP contribution in [-0.4, -0.2) is 87.7 Å². The Morgan fingerprint density at radius 1 is 1.12 bits per heavy atom. The van der Waals surface area contributed by atoms with E-state index < -0.39 is 73.9 Å². The van der Waals surface area contributed by atoms with Crippen molar-refractivity contribution in [2.24, 2.45) is 17.3 Å². The van der Waals surface area contributed by atoms with Gasteiger partial charge in [-0.3, -0.25) is 33.1 Å². The van der Waals surface area contributed by atoms with Crippen molar-refractivity contribution in [2.45, 2.75) is 102 Å². The number of hydrogen-bond donors (Lipinski definition) is 4. The normalized spacial score (nSPS) is 25.7. The molecule has 15 heteroatoms. The number of likely N-dealkylation sites (tertiary alicyclic amines) is 1. The number of aryl methyl sites for hydroxylation is 1. The second-order valence-corrected chi connectivity index (χ2v) is 17.0. The van der Waals surface area contributed by atoms with Crippen molar-refractivity contribution < 1.29 is 32.4 Å². The molecule has 2 aromatic rings. The number of fused-ring (bicyclic) bond motifs is 1. The first-order valence-corrected chi connectivity index (χ1v) is 18.4. The number of nitrogens with zero attached hydrogens (tertiary/aromatic N) is 3. The summed E-state index contributed by atoms with van der Waals surface area (Å²) in [6.07, 6.45) is 6.53. The van der Waals surface area contributed by atoms with Crippen LogP contribution in [0, 0.1) is 24.2 Å². The van der Waals surface area contributed by atoms with E-state index in [0.29, 0.717) is 42.2 Å². The zero-order valence-corrected chi connectivity index (χ0v) is 29.1. The van der Waals surface area contributed by atoms with Gasteiger partial charge in [0.1, 0.15) is 29.0 Å². The Bertz CT molecular complexity index is 1820. The third kappa shape index (κ3) is 7.08. The highest BCUT2D eigenvalue weighted by Gasteiger charge is 2.62. The standard InChI is InChI=1S/C34H45N7O7S/c1-6-21-17-34(21,32(46)39-49(47,48)23-12-13-23)38-29(43)24-16-22(36-30(44)27-19(2)35-25-9-7-8-14-40(25)27)18-41(24)31(45)28(33(3,4)5)37-26(42)15-20-10-11-20/h6-9,14,20-24,28H,1,10-13,15-18H2,2-5H3,(H,36,44)(H,37,42)(H,38,43)(H,39,46)/t21-,22+,24-,28+,34+/m0/s1. The van der Waals surface area contributed by atoms with Gasteiger partial charge in [0.05, 0.1) is 10.9 Å². The second kappa shape index (κ2) is 12.6. The molecule has 6 rings (SSSR count). The third-order valence-corrected chi connectivity index (χ3v) is 11.8. The zero-order valence-electron chi connectivity index (χ0n) is 28.3. The summed E-state index contributed by atoms with van der Waals surface area (Å²) in [5.74, 6) is -2.92. The van der Waals surface area contributed by atoms with Crippen LogP contribution >= 0.6 is 0 Å². The highest BCUT2D eigenvalue weighted by molar-refractivity contribution is 7.91. The number of nitrogens with one attached hydrogen (secondary N) is 4. The van der Waals surface area contributed by atoms with E-state index in [1.165, 1.54) is 11.0 Å². The van der Waals surface area contributed by atoms with Crippen molar-refractivity contribution in [1.82, 2.24) is 35.0 Å². The molecule has 0 unspecified atom stereocenters. The van der Waals surface area contributed by atoms with Gasteiger partial charge in [-0.05, 0) is 68.9 Å². The molecule has 1 saturated heterocycles. The van der Waals surface area contributed by atoms with E-state index in [1.807, 2.05) is 26.8 Å². The van der Waals surface area contributed by atoms with E-state index in [0.717, 1.165) is 12.8 Å². The Morgan fingerprint density at radius 2 is 1.84 bits per heavy atom. The summed E-state index contributed by atoms with van der Waals surface area (Å²) in [7, 11) is -3.89. The number of aromatic nitrogens is 2. The second-order valence-electron chi connectivity index (χ2n) is 15.1. The lowest BCUT2D eigenvalue weighted by molar-refractivity contribution is -0.144. The van der Waals surface area contributed by atoms with Crippen LogP contribution in [0.4, 0.5) is 0 Å². The van der Waals surface area contributed by atoms with Crippen LogP contribution in [0.25, 0.3) is 5.65 Å². The zero-order chi connectivity index (χ0) is 35.5. The Labute approximate surface area is 285 Å². The average Bonchev–Trinajstić information content (AvgIpc) is 3.94. The first-order chi connectivity index (χ1) is 23.0. The summed E-state index contributed by atoms with van der Waals surface area (Å²) in [6, 6.07) is 2.59. The maximum absolute atomic E-state index is 14.4. The molecule has 14 nitrogen and oxygen atoms in total. The topological polar surface area (TPSA) is 188 Å². The average molecular weight is 696 g/mol. The molecule has 0 spiro atoms. The highest BCUT2D eigenvalue weighted by atomic mass is 32.2. The molecule has 5 amide bonds. The fourth-order valence-electron chi connectivity index (χ4n) is 6.71. The molecule has 264 valence electrons. The summed E-state index contributed by atoms with van der Waals surface area (Å²) in [5.41, 5.74) is -0.857. The van der Waals surface area contributed by atoms with Crippen molar-refractivity contribution in [3.05, 3.63) is 48.4 Å². The first-order valence-electron chi connectivity index (χ1n) is 16.9. The van der Waals surface area contributed by atoms with E-state index in [1.54, 1.807) is 29.7 Å². The maximum atomic E-state index is 14.4. The lowest BCUT2D eigenvalue weighted by Gasteiger charge is -2.35. The van der Waals surface area contributed by atoms with Gasteiger partial charge in [-0.2, -0.15) is 0 Å². The molecule has 49 heavy (non-hydrogen) atoms. The summed E-state index contributed by atoms with van der Waals surface area (Å²) >= 11 is 0. The molecule has 5 atom stereocenters. The van der Waals surface area contributed by atoms with Gasteiger partial charge in [0, 0.05) is 31.1 Å². The number of imidazole rings is 1. The number of hydrogen-bond acceptors (Lipinski definition) is 8. The van der Waals surface area contributed by atoms with Crippen LogP contribution in [0.1, 0.15) is 81.9 Å². The minimum absolute atomic E-state index is 0.0167. The number of carbonyl (C=O) groups excluding carboxylic acids is 5. The van der Waals surface area contributed by atoms with Gasteiger partial charge in [0.15, 0.2) is 0 Å². The van der Waals surface area contributed by atoms with Gasteiger partial charge in [0.2, 0.25) is 27.7 Å². The van der Waals surface area contributed by atoms with Crippen molar-refractivity contribution in [3.63, 3.8) is 0 Å². The van der Waals surface area contributed by atoms with Crippen molar-refractivity contribution in [3.8, 4) is 0 Å². The van der Waals surface area contributed by atoms with Crippen LogP contribution in [0.2, 0.25) is 0 Å². The largest absolute Gasteiger partial charge is 0.346 e. The molecular formula is C34H45N7O7S. The van der Waals surface area contributed by atoms with Crippen molar-refractivity contribution in [2.75, 3.05) is 6.54 Å². The number of sulfonamides is 1. The lowest BCUT2D eigenvalue weighted by atomic mass is 9.85. The summed E-state index contributed by atoms with van der Waals surface area (Å²) in [4.78, 5) is 74.3. The van der Waals surface area contributed by atoms with Crippen LogP contribution in [0.15, 0.2) is 37.1 Å². The fraction of sp³-hybridized carbons (Fsp3) is 0.588. The van der Waals surface area contributed by atoms with E-state index in [4.69, 9.17) is 0 Å². The van der Waals surface area contributed by atoms with E-state index in [-0.39, 0.29) is 25.3 Å². The Morgan fingerprint density at radius 3 is 2.45 bits per heavy atom. The monoisotopic (exact) mass is 695 g/mol. The summed E-state index contributed by atoms with van der Waals surface area (Å²) in [5, 5.41) is 8.00. The van der Waals surface area contributed by atoms with Gasteiger partial charge in [-0.15, -0.1) is 6.58 Å². The van der Waals surface area contributed by atoms with Crippen molar-refractivity contribution in [1.29, 1.82) is 0 Å². The fourth-order valence-corrected chi connectivity index (χ4v) is 8.08. The minimum atomic E-state index is -3.89.